The van der Waals surface area contributed by atoms with E-state index >= 15 is 0 Å². The van der Waals surface area contributed by atoms with E-state index in [1.54, 1.807) is 24.9 Å². The summed E-state index contributed by atoms with van der Waals surface area (Å²) in [6.07, 6.45) is 8.12. The van der Waals surface area contributed by atoms with Gasteiger partial charge in [0, 0.05) is 24.2 Å². The highest BCUT2D eigenvalue weighted by atomic mass is 16.1. The first kappa shape index (κ1) is 21.9. The average Bonchev–Trinajstić information content (AvgIpc) is 3.21. The van der Waals surface area contributed by atoms with Crippen LogP contribution >= 0.6 is 0 Å². The van der Waals surface area contributed by atoms with Gasteiger partial charge in [0.1, 0.15) is 12.0 Å². The Kier molecular flexibility index (Phi) is 5.66. The van der Waals surface area contributed by atoms with Crippen LogP contribution in [-0.2, 0) is 4.79 Å². The first-order valence-electron chi connectivity index (χ1n) is 11.0. The summed E-state index contributed by atoms with van der Waals surface area (Å²) in [6.45, 7) is 12.5. The third-order valence-corrected chi connectivity index (χ3v) is 5.43. The topological polar surface area (TPSA) is 102 Å². The van der Waals surface area contributed by atoms with Crippen molar-refractivity contribution in [2.45, 2.75) is 66.5 Å². The summed E-state index contributed by atoms with van der Waals surface area (Å²) in [7, 11) is 0. The fourth-order valence-electron chi connectivity index (χ4n) is 4.13. The molecule has 1 atom stereocenters. The Balaban J connectivity index is 1.78. The van der Waals surface area contributed by atoms with Gasteiger partial charge in [0.15, 0.2) is 17.5 Å². The lowest BCUT2D eigenvalue weighted by Gasteiger charge is -2.39. The molecule has 168 valence electrons. The van der Waals surface area contributed by atoms with Gasteiger partial charge < -0.3 is 10.2 Å². The molecule has 32 heavy (non-hydrogen) atoms. The standard InChI is InChI=1S/C23H30N8O/c1-7-17-22-29-26-13-30(22)18-12-25-20(28-21(18)31(17)14(2)3)15-8-9-24-11-16(15)27-19(32)10-23(4,5)6/h8-9,11-14,17H,7,10H2,1-6H3,(H,27,32). The van der Waals surface area contributed by atoms with Crippen LogP contribution in [0.3, 0.4) is 0 Å². The summed E-state index contributed by atoms with van der Waals surface area (Å²) in [5.74, 6) is 2.19. The van der Waals surface area contributed by atoms with E-state index in [4.69, 9.17) is 4.98 Å². The summed E-state index contributed by atoms with van der Waals surface area (Å²) in [4.78, 5) is 28.6. The first-order chi connectivity index (χ1) is 15.2. The molecule has 1 unspecified atom stereocenters. The Labute approximate surface area is 188 Å². The molecular formula is C23H30N8O. The molecule has 1 N–H and O–H groups in total. The normalized spacial score (nSPS) is 15.5. The molecule has 0 fully saturated rings. The summed E-state index contributed by atoms with van der Waals surface area (Å²) in [6, 6.07) is 2.10. The number of hydrogen-bond donors (Lipinski definition) is 1. The van der Waals surface area contributed by atoms with Gasteiger partial charge in [-0.2, -0.15) is 0 Å². The number of pyridine rings is 1. The predicted octanol–water partition coefficient (Wildman–Crippen LogP) is 4.17. The molecule has 4 rings (SSSR count). The highest BCUT2D eigenvalue weighted by Gasteiger charge is 2.35. The number of rotatable bonds is 5. The van der Waals surface area contributed by atoms with Gasteiger partial charge in [0.2, 0.25) is 5.91 Å². The largest absolute Gasteiger partial charge is 0.342 e. The van der Waals surface area contributed by atoms with Crippen LogP contribution in [-0.4, -0.2) is 41.7 Å². The minimum atomic E-state index is -0.113. The molecule has 0 spiro atoms. The predicted molar refractivity (Wildman–Crippen MR) is 124 cm³/mol. The van der Waals surface area contributed by atoms with Crippen LogP contribution in [0.5, 0.6) is 0 Å². The molecule has 1 amide bonds. The second kappa shape index (κ2) is 8.29. The van der Waals surface area contributed by atoms with Crippen LogP contribution in [0.2, 0.25) is 0 Å². The number of carbonyl (C=O) groups excluding carboxylic acids is 1. The quantitative estimate of drug-likeness (QED) is 0.643. The van der Waals surface area contributed by atoms with E-state index in [1.165, 1.54) is 0 Å². The van der Waals surface area contributed by atoms with Gasteiger partial charge >= 0.3 is 0 Å². The fourth-order valence-corrected chi connectivity index (χ4v) is 4.13. The van der Waals surface area contributed by atoms with Gasteiger partial charge in [-0.05, 0) is 31.7 Å². The van der Waals surface area contributed by atoms with E-state index < -0.39 is 0 Å². The lowest BCUT2D eigenvalue weighted by molar-refractivity contribution is -0.117. The highest BCUT2D eigenvalue weighted by Crippen LogP contribution is 2.40. The SMILES string of the molecule is CCC1c2nncn2-c2cnc(-c3ccncc3NC(=O)CC(C)(C)C)nc2N1C(C)C. The number of nitrogens with zero attached hydrogens (tertiary/aromatic N) is 7. The highest BCUT2D eigenvalue weighted by molar-refractivity contribution is 5.94. The maximum absolute atomic E-state index is 12.6. The molecular weight excluding hydrogens is 404 g/mol. The van der Waals surface area contributed by atoms with Crippen LogP contribution in [0.15, 0.2) is 31.0 Å². The maximum atomic E-state index is 12.6. The number of carbonyl (C=O) groups is 1. The van der Waals surface area contributed by atoms with Crippen molar-refractivity contribution >= 4 is 17.4 Å². The third kappa shape index (κ3) is 4.06. The Bertz CT molecular complexity index is 1130. The lowest BCUT2D eigenvalue weighted by Crippen LogP contribution is -2.40. The van der Waals surface area contributed by atoms with Crippen LogP contribution in [0, 0.1) is 5.41 Å². The Morgan fingerprint density at radius 2 is 2.03 bits per heavy atom. The van der Waals surface area contributed by atoms with E-state index in [0.717, 1.165) is 29.3 Å². The number of amides is 1. The molecule has 0 aromatic carbocycles. The number of aromatic nitrogens is 6. The third-order valence-electron chi connectivity index (χ3n) is 5.43. The van der Waals surface area contributed by atoms with Crippen molar-refractivity contribution in [2.75, 3.05) is 10.2 Å². The molecule has 9 nitrogen and oxygen atoms in total. The van der Waals surface area contributed by atoms with Gasteiger partial charge in [-0.15, -0.1) is 10.2 Å². The van der Waals surface area contributed by atoms with Crippen LogP contribution in [0.25, 0.3) is 17.1 Å². The summed E-state index contributed by atoms with van der Waals surface area (Å²) in [5, 5.41) is 11.5. The summed E-state index contributed by atoms with van der Waals surface area (Å²) < 4.78 is 1.96. The fraction of sp³-hybridized carbons (Fsp3) is 0.478. The van der Waals surface area contributed by atoms with E-state index in [2.05, 4.69) is 51.2 Å². The van der Waals surface area contributed by atoms with Crippen LogP contribution < -0.4 is 10.2 Å². The van der Waals surface area contributed by atoms with E-state index in [0.29, 0.717) is 17.9 Å². The molecule has 0 radical (unpaired) electrons. The zero-order chi connectivity index (χ0) is 23.0. The molecule has 0 saturated heterocycles. The summed E-state index contributed by atoms with van der Waals surface area (Å²) in [5.41, 5.74) is 2.07. The first-order valence-corrected chi connectivity index (χ1v) is 11.0. The van der Waals surface area contributed by atoms with Gasteiger partial charge in [0.25, 0.3) is 0 Å². The molecule has 0 aliphatic carbocycles. The van der Waals surface area contributed by atoms with Gasteiger partial charge in [-0.25, -0.2) is 9.97 Å². The number of fused-ring (bicyclic) bond motifs is 3. The smallest absolute Gasteiger partial charge is 0.224 e. The number of nitrogens with one attached hydrogen (secondary N) is 1. The van der Waals surface area contributed by atoms with Gasteiger partial charge in [-0.1, -0.05) is 27.7 Å². The molecule has 0 saturated carbocycles. The molecule has 1 aliphatic rings. The number of anilines is 2. The monoisotopic (exact) mass is 434 g/mol. The lowest BCUT2D eigenvalue weighted by atomic mass is 9.92. The number of hydrogen-bond acceptors (Lipinski definition) is 7. The minimum Gasteiger partial charge on any atom is -0.342 e. The minimum absolute atomic E-state index is 0.0614. The van der Waals surface area contributed by atoms with Crippen molar-refractivity contribution in [1.82, 2.24) is 29.7 Å². The van der Waals surface area contributed by atoms with Crippen molar-refractivity contribution < 1.29 is 4.79 Å². The van der Waals surface area contributed by atoms with Crippen LogP contribution in [0.1, 0.15) is 66.3 Å². The Hall–Kier alpha value is -3.36. The van der Waals surface area contributed by atoms with Crippen molar-refractivity contribution in [3.8, 4) is 17.1 Å². The maximum Gasteiger partial charge on any atom is 0.224 e. The van der Waals surface area contributed by atoms with Crippen molar-refractivity contribution in [1.29, 1.82) is 0 Å². The van der Waals surface area contributed by atoms with Crippen molar-refractivity contribution in [3.63, 3.8) is 0 Å². The van der Waals surface area contributed by atoms with E-state index in [9.17, 15) is 4.79 Å². The Morgan fingerprint density at radius 3 is 2.72 bits per heavy atom. The second-order valence-corrected chi connectivity index (χ2v) is 9.59. The van der Waals surface area contributed by atoms with Crippen molar-refractivity contribution in [2.24, 2.45) is 5.41 Å². The van der Waals surface area contributed by atoms with Crippen LogP contribution in [0.4, 0.5) is 11.5 Å². The van der Waals surface area contributed by atoms with E-state index in [1.807, 2.05) is 31.4 Å². The second-order valence-electron chi connectivity index (χ2n) is 9.59. The zero-order valence-corrected chi connectivity index (χ0v) is 19.5. The van der Waals surface area contributed by atoms with Gasteiger partial charge in [-0.3, -0.25) is 14.3 Å². The molecule has 9 heteroatoms. The molecule has 3 aromatic heterocycles. The van der Waals surface area contributed by atoms with Crippen molar-refractivity contribution in [3.05, 3.63) is 36.8 Å². The molecule has 1 aliphatic heterocycles. The molecule has 4 heterocycles. The summed E-state index contributed by atoms with van der Waals surface area (Å²) >= 11 is 0. The zero-order valence-electron chi connectivity index (χ0n) is 19.5. The molecule has 0 bridgehead atoms. The molecule has 3 aromatic rings. The average molecular weight is 435 g/mol. The Morgan fingerprint density at radius 1 is 1.25 bits per heavy atom. The van der Waals surface area contributed by atoms with E-state index in [-0.39, 0.29) is 23.4 Å². The van der Waals surface area contributed by atoms with Gasteiger partial charge in [0.05, 0.1) is 24.1 Å².